The Labute approximate surface area is 219 Å². The van der Waals surface area contributed by atoms with Crippen molar-refractivity contribution < 1.29 is 9.59 Å². The number of nitrogens with zero attached hydrogens (tertiary/aromatic N) is 3. The number of hydrogen-bond donors (Lipinski definition) is 1. The molecule has 3 aromatic rings. The predicted molar refractivity (Wildman–Crippen MR) is 147 cm³/mol. The summed E-state index contributed by atoms with van der Waals surface area (Å²) in [7, 11) is 0. The van der Waals surface area contributed by atoms with Crippen LogP contribution in [-0.4, -0.2) is 21.5 Å². The minimum Gasteiger partial charge on any atom is -0.308 e. The molecule has 0 bridgehead atoms. The average molecular weight is 515 g/mol. The van der Waals surface area contributed by atoms with Gasteiger partial charge in [-0.15, -0.1) is 11.3 Å². The van der Waals surface area contributed by atoms with Gasteiger partial charge in [0.25, 0.3) is 11.8 Å². The third kappa shape index (κ3) is 3.98. The van der Waals surface area contributed by atoms with Crippen molar-refractivity contribution in [3.05, 3.63) is 74.4 Å². The van der Waals surface area contributed by atoms with E-state index in [2.05, 4.69) is 22.9 Å². The van der Waals surface area contributed by atoms with Gasteiger partial charge in [0, 0.05) is 16.3 Å². The summed E-state index contributed by atoms with van der Waals surface area (Å²) in [6.45, 7) is 6.00. The van der Waals surface area contributed by atoms with Crippen LogP contribution in [0.4, 0.5) is 5.69 Å². The summed E-state index contributed by atoms with van der Waals surface area (Å²) < 4.78 is 2.07. The number of rotatable bonds is 4. The molecule has 1 aliphatic heterocycles. The Bertz CT molecular complexity index is 1480. The van der Waals surface area contributed by atoms with Gasteiger partial charge in [-0.2, -0.15) is 5.26 Å². The lowest BCUT2D eigenvalue weighted by Crippen LogP contribution is -2.54. The van der Waals surface area contributed by atoms with Gasteiger partial charge in [-0.1, -0.05) is 19.1 Å². The topological polar surface area (TPSA) is 78.1 Å². The Morgan fingerprint density at radius 2 is 1.89 bits per heavy atom. The number of amides is 2. The molecule has 6 nitrogen and oxygen atoms in total. The van der Waals surface area contributed by atoms with Gasteiger partial charge < -0.3 is 4.57 Å². The van der Waals surface area contributed by atoms with Crippen LogP contribution in [0.5, 0.6) is 0 Å². The van der Waals surface area contributed by atoms with E-state index in [4.69, 9.17) is 12.2 Å². The Hall–Kier alpha value is -3.54. The molecule has 0 atom stereocenters. The third-order valence-corrected chi connectivity index (χ3v) is 8.50. The molecule has 8 heteroatoms. The second kappa shape index (κ2) is 9.49. The number of nitriles is 1. The number of aryl methyl sites for hydroxylation is 3. The molecule has 0 radical (unpaired) electrons. The molecule has 36 heavy (non-hydrogen) atoms. The molecule has 3 heterocycles. The van der Waals surface area contributed by atoms with Gasteiger partial charge in [-0.3, -0.25) is 19.8 Å². The standard InChI is InChI=1S/C28H26N4O2S2/c1-4-18-9-11-20(12-10-18)32-26(34)22(25(33)30-28(32)35)14-19-13-16(2)31(17(19)3)27-23(15-29)21-7-5-6-8-24(21)36-27/h9-14H,4-8H2,1-3H3,(H,30,33,35). The number of thiocarbonyl (C=S) groups is 1. The number of anilines is 1. The van der Waals surface area contributed by atoms with Gasteiger partial charge in [-0.05, 0) is 99.1 Å². The van der Waals surface area contributed by atoms with Crippen molar-refractivity contribution in [3.8, 4) is 11.1 Å². The first kappa shape index (κ1) is 24.2. The van der Waals surface area contributed by atoms with Gasteiger partial charge in [0.1, 0.15) is 16.6 Å². The lowest BCUT2D eigenvalue weighted by molar-refractivity contribution is -0.122. The van der Waals surface area contributed by atoms with Crippen LogP contribution in [0.15, 0.2) is 35.9 Å². The maximum absolute atomic E-state index is 13.5. The van der Waals surface area contributed by atoms with Crippen LogP contribution in [0.2, 0.25) is 0 Å². The number of hydrogen-bond acceptors (Lipinski definition) is 5. The molecule has 1 saturated heterocycles. The van der Waals surface area contributed by atoms with Gasteiger partial charge >= 0.3 is 0 Å². The fraction of sp³-hybridized carbons (Fsp3) is 0.286. The largest absolute Gasteiger partial charge is 0.308 e. The lowest BCUT2D eigenvalue weighted by atomic mass is 9.96. The highest BCUT2D eigenvalue weighted by molar-refractivity contribution is 7.80. The van der Waals surface area contributed by atoms with Crippen molar-refractivity contribution in [2.24, 2.45) is 0 Å². The summed E-state index contributed by atoms with van der Waals surface area (Å²) in [6, 6.07) is 12.0. The van der Waals surface area contributed by atoms with E-state index in [1.807, 2.05) is 44.2 Å². The highest BCUT2D eigenvalue weighted by Crippen LogP contribution is 2.38. The molecule has 0 saturated carbocycles. The minimum absolute atomic E-state index is 0.0226. The Morgan fingerprint density at radius 3 is 2.58 bits per heavy atom. The van der Waals surface area contributed by atoms with Gasteiger partial charge in [-0.25, -0.2) is 0 Å². The molecule has 1 fully saturated rings. The van der Waals surface area contributed by atoms with Crippen LogP contribution >= 0.6 is 23.6 Å². The molecule has 0 spiro atoms. The van der Waals surface area contributed by atoms with Crippen molar-refractivity contribution in [1.82, 2.24) is 9.88 Å². The minimum atomic E-state index is -0.513. The normalized spacial score (nSPS) is 16.8. The zero-order valence-corrected chi connectivity index (χ0v) is 22.1. The Balaban J connectivity index is 1.55. The molecule has 2 amide bonds. The summed E-state index contributed by atoms with van der Waals surface area (Å²) in [5, 5.41) is 13.6. The molecule has 1 aliphatic carbocycles. The van der Waals surface area contributed by atoms with E-state index in [1.165, 1.54) is 15.3 Å². The number of carbonyl (C=O) groups excluding carboxylic acids is 2. The second-order valence-corrected chi connectivity index (χ2v) is 10.6. The van der Waals surface area contributed by atoms with Crippen molar-refractivity contribution in [3.63, 3.8) is 0 Å². The fourth-order valence-corrected chi connectivity index (χ4v) is 6.73. The summed E-state index contributed by atoms with van der Waals surface area (Å²) in [5.41, 5.74) is 6.29. The van der Waals surface area contributed by atoms with Gasteiger partial charge in [0.15, 0.2) is 5.11 Å². The van der Waals surface area contributed by atoms with E-state index < -0.39 is 11.8 Å². The molecular formula is C28H26N4O2S2. The van der Waals surface area contributed by atoms with Crippen LogP contribution < -0.4 is 10.2 Å². The van der Waals surface area contributed by atoms with E-state index >= 15 is 0 Å². The van der Waals surface area contributed by atoms with Crippen LogP contribution in [-0.2, 0) is 28.9 Å². The fourth-order valence-electron chi connectivity index (χ4n) is 5.00. The molecule has 1 N–H and O–H groups in total. The monoisotopic (exact) mass is 514 g/mol. The number of carbonyl (C=O) groups is 2. The molecule has 5 rings (SSSR count). The quantitative estimate of drug-likeness (QED) is 0.291. The molecular weight excluding hydrogens is 488 g/mol. The number of thiophene rings is 1. The highest BCUT2D eigenvalue weighted by atomic mass is 32.1. The summed E-state index contributed by atoms with van der Waals surface area (Å²) in [4.78, 5) is 29.0. The summed E-state index contributed by atoms with van der Waals surface area (Å²) in [5.74, 6) is -0.970. The number of fused-ring (bicyclic) bond motifs is 1. The zero-order valence-electron chi connectivity index (χ0n) is 20.5. The van der Waals surface area contributed by atoms with E-state index in [0.717, 1.165) is 65.2 Å². The van der Waals surface area contributed by atoms with Gasteiger partial charge in [0.2, 0.25) is 0 Å². The van der Waals surface area contributed by atoms with E-state index in [0.29, 0.717) is 5.69 Å². The number of nitrogens with one attached hydrogen (secondary N) is 1. The smallest absolute Gasteiger partial charge is 0.270 e. The van der Waals surface area contributed by atoms with Crippen LogP contribution in [0, 0.1) is 25.2 Å². The first-order valence-electron chi connectivity index (χ1n) is 12.1. The SMILES string of the molecule is CCc1ccc(N2C(=O)C(=Cc3cc(C)n(-c4sc5c(c4C#N)CCCC5)c3C)C(=O)NC2=S)cc1. The van der Waals surface area contributed by atoms with Gasteiger partial charge in [0.05, 0.1) is 11.3 Å². The first-order chi connectivity index (χ1) is 17.3. The number of benzene rings is 1. The second-order valence-electron chi connectivity index (χ2n) is 9.14. The molecule has 1 aromatic carbocycles. The highest BCUT2D eigenvalue weighted by Gasteiger charge is 2.35. The van der Waals surface area contributed by atoms with E-state index in [-0.39, 0.29) is 10.7 Å². The lowest BCUT2D eigenvalue weighted by Gasteiger charge is -2.29. The molecule has 182 valence electrons. The maximum atomic E-state index is 13.5. The average Bonchev–Trinajstić information content (AvgIpc) is 3.37. The van der Waals surface area contributed by atoms with Crippen molar-refractivity contribution in [2.45, 2.75) is 52.9 Å². The summed E-state index contributed by atoms with van der Waals surface area (Å²) >= 11 is 7.02. The van der Waals surface area contributed by atoms with Crippen LogP contribution in [0.3, 0.4) is 0 Å². The predicted octanol–water partition coefficient (Wildman–Crippen LogP) is 5.30. The number of aromatic nitrogens is 1. The molecule has 2 aromatic heterocycles. The van der Waals surface area contributed by atoms with Crippen LogP contribution in [0.1, 0.15) is 58.3 Å². The Morgan fingerprint density at radius 1 is 1.17 bits per heavy atom. The zero-order chi connectivity index (χ0) is 25.6. The van der Waals surface area contributed by atoms with E-state index in [9.17, 15) is 14.9 Å². The van der Waals surface area contributed by atoms with E-state index in [1.54, 1.807) is 17.4 Å². The van der Waals surface area contributed by atoms with Crippen LogP contribution in [0.25, 0.3) is 11.1 Å². The third-order valence-electron chi connectivity index (χ3n) is 6.94. The first-order valence-corrected chi connectivity index (χ1v) is 13.3. The summed E-state index contributed by atoms with van der Waals surface area (Å²) in [6.07, 6.45) is 6.72. The van der Waals surface area contributed by atoms with Crippen molar-refractivity contribution in [1.29, 1.82) is 5.26 Å². The molecule has 2 aliphatic rings. The van der Waals surface area contributed by atoms with Crippen molar-refractivity contribution >= 4 is 52.2 Å². The Kier molecular flexibility index (Phi) is 6.37. The maximum Gasteiger partial charge on any atom is 0.270 e. The molecule has 0 unspecified atom stereocenters. The van der Waals surface area contributed by atoms with Crippen molar-refractivity contribution in [2.75, 3.05) is 4.90 Å².